The highest BCUT2D eigenvalue weighted by molar-refractivity contribution is 7.22. The number of nitrogens with zero attached hydrogens (tertiary/aromatic N) is 4. The molecule has 0 unspecified atom stereocenters. The lowest BCUT2D eigenvalue weighted by Gasteiger charge is -2.31. The Morgan fingerprint density at radius 2 is 1.68 bits per heavy atom. The van der Waals surface area contributed by atoms with Crippen LogP contribution in [-0.2, 0) is 21.3 Å². The summed E-state index contributed by atoms with van der Waals surface area (Å²) in [7, 11) is 1.94. The lowest BCUT2D eigenvalue weighted by molar-refractivity contribution is -0.162. The molecule has 0 bridgehead atoms. The third-order valence-corrected chi connectivity index (χ3v) is 9.30. The molecule has 1 atom stereocenters. The number of pyridine rings is 1. The average Bonchev–Trinajstić information content (AvgIpc) is 3.61. The molecule has 0 aliphatic rings. The van der Waals surface area contributed by atoms with Gasteiger partial charge in [0.2, 0.25) is 0 Å². The highest BCUT2D eigenvalue weighted by Gasteiger charge is 2.31. The molecule has 3 heterocycles. The number of halogens is 1. The van der Waals surface area contributed by atoms with E-state index in [1.165, 1.54) is 0 Å². The molecular weight excluding hydrogens is 628 g/mol. The lowest BCUT2D eigenvalue weighted by Crippen LogP contribution is -2.30. The number of fused-ring (bicyclic) bond motifs is 2. The molecule has 6 rings (SSSR count). The van der Waals surface area contributed by atoms with Crippen molar-refractivity contribution in [3.8, 4) is 33.0 Å². The number of aryl methyl sites for hydroxylation is 2. The van der Waals surface area contributed by atoms with Crippen LogP contribution in [0.5, 0.6) is 0 Å². The second-order valence-corrected chi connectivity index (χ2v) is 15.3. The Bertz CT molecular complexity index is 2100. The number of carbonyl (C=O) groups excluding carboxylic acids is 1. The number of rotatable bonds is 7. The van der Waals surface area contributed by atoms with Crippen LogP contribution < -0.4 is 0 Å². The van der Waals surface area contributed by atoms with Gasteiger partial charge in [0.15, 0.2) is 0 Å². The number of aromatic nitrogens is 4. The summed E-state index contributed by atoms with van der Waals surface area (Å²) in [6.07, 6.45) is 3.18. The number of benzene rings is 3. The van der Waals surface area contributed by atoms with Crippen LogP contribution in [0, 0.1) is 12.3 Å². The number of ether oxygens (including phenoxy) is 2. The van der Waals surface area contributed by atoms with Crippen LogP contribution in [0.1, 0.15) is 58.8 Å². The Morgan fingerprint density at radius 1 is 0.957 bits per heavy atom. The molecule has 0 radical (unpaired) electrons. The Balaban J connectivity index is 1.49. The maximum Gasteiger partial charge on any atom is 0.311 e. The van der Waals surface area contributed by atoms with Crippen LogP contribution in [-0.4, -0.2) is 37.9 Å². The number of hydrogen-bond donors (Lipinski definition) is 0. The first-order valence-corrected chi connectivity index (χ1v) is 16.8. The van der Waals surface area contributed by atoms with Gasteiger partial charge in [-0.15, -0.1) is 11.3 Å². The summed E-state index contributed by atoms with van der Waals surface area (Å²) in [5, 5.41) is 6.98. The molecular formula is C38H39ClN4O3S. The monoisotopic (exact) mass is 666 g/mol. The number of hydrogen-bond acceptors (Lipinski definition) is 7. The number of carbonyl (C=O) groups is 1. The van der Waals surface area contributed by atoms with Crippen molar-refractivity contribution in [1.29, 1.82) is 0 Å². The molecule has 0 N–H and O–H groups in total. The van der Waals surface area contributed by atoms with Crippen LogP contribution >= 0.6 is 22.9 Å². The van der Waals surface area contributed by atoms with Crippen molar-refractivity contribution in [3.63, 3.8) is 0 Å². The second-order valence-electron chi connectivity index (χ2n) is 13.9. The topological polar surface area (TPSA) is 79.1 Å². The minimum absolute atomic E-state index is 0.0843. The van der Waals surface area contributed by atoms with Gasteiger partial charge in [0, 0.05) is 40.3 Å². The number of esters is 1. The summed E-state index contributed by atoms with van der Waals surface area (Å²) >= 11 is 7.97. The smallest absolute Gasteiger partial charge is 0.311 e. The highest BCUT2D eigenvalue weighted by atomic mass is 35.5. The SMILES string of the molecule is Cc1cc2nc(-c3ccnc(-c4ccc5c(cnn5C)c4)c3)sc2c(-c2ccc(Cl)cc2)c1[C@H](COC(=O)C(C)(C)C)OC(C)(C)C. The number of thiazole rings is 1. The molecule has 242 valence electrons. The lowest BCUT2D eigenvalue weighted by atomic mass is 9.91. The predicted molar refractivity (Wildman–Crippen MR) is 192 cm³/mol. The van der Waals surface area contributed by atoms with Gasteiger partial charge in [-0.25, -0.2) is 4.98 Å². The zero-order valence-corrected chi connectivity index (χ0v) is 29.6. The van der Waals surface area contributed by atoms with Crippen LogP contribution in [0.25, 0.3) is 54.1 Å². The molecule has 0 aliphatic carbocycles. The Labute approximate surface area is 284 Å². The molecule has 47 heavy (non-hydrogen) atoms. The average molecular weight is 667 g/mol. The molecule has 9 heteroatoms. The van der Waals surface area contributed by atoms with Gasteiger partial charge >= 0.3 is 5.97 Å². The summed E-state index contributed by atoms with van der Waals surface area (Å²) in [5.41, 5.74) is 7.62. The highest BCUT2D eigenvalue weighted by Crippen LogP contribution is 2.45. The Hall–Kier alpha value is -4.11. The van der Waals surface area contributed by atoms with E-state index in [1.54, 1.807) is 11.3 Å². The van der Waals surface area contributed by atoms with E-state index < -0.39 is 17.1 Å². The Morgan fingerprint density at radius 3 is 2.38 bits per heavy atom. The van der Waals surface area contributed by atoms with Crippen molar-refractivity contribution >= 4 is 50.0 Å². The zero-order chi connectivity index (χ0) is 33.7. The van der Waals surface area contributed by atoms with Gasteiger partial charge in [0.25, 0.3) is 0 Å². The van der Waals surface area contributed by atoms with Crippen molar-refractivity contribution in [2.24, 2.45) is 12.5 Å². The molecule has 0 saturated carbocycles. The van der Waals surface area contributed by atoms with Crippen LogP contribution in [0.3, 0.4) is 0 Å². The Kier molecular flexibility index (Phi) is 8.72. The largest absolute Gasteiger partial charge is 0.462 e. The third kappa shape index (κ3) is 6.96. The molecule has 6 aromatic rings. The van der Waals surface area contributed by atoms with Crippen molar-refractivity contribution in [3.05, 3.63) is 89.2 Å². The summed E-state index contributed by atoms with van der Waals surface area (Å²) in [5.74, 6) is -0.275. The van der Waals surface area contributed by atoms with E-state index in [-0.39, 0.29) is 12.6 Å². The quantitative estimate of drug-likeness (QED) is 0.158. The first-order chi connectivity index (χ1) is 22.2. The molecule has 3 aromatic carbocycles. The fourth-order valence-corrected chi connectivity index (χ4v) is 6.92. The molecule has 0 spiro atoms. The minimum Gasteiger partial charge on any atom is -0.462 e. The van der Waals surface area contributed by atoms with Gasteiger partial charge in [-0.2, -0.15) is 5.10 Å². The standard InChI is InChI=1S/C38H39ClN4O3S/c1-22-17-29-34(47-35(42-29)25-15-16-40-28(19-25)24-11-14-30-26(18-24)20-41-43(30)8)33(23-9-12-27(39)13-10-23)32(22)31(46-38(5,6)7)21-45-36(44)37(2,3)4/h9-20,31H,21H2,1-8H3/t31-/m0/s1. The van der Waals surface area contributed by atoms with Crippen molar-refractivity contribution in [2.45, 2.75) is 60.2 Å². The van der Waals surface area contributed by atoms with Crippen molar-refractivity contribution < 1.29 is 14.3 Å². The van der Waals surface area contributed by atoms with Gasteiger partial charge in [-0.1, -0.05) is 29.8 Å². The molecule has 0 aliphatic heterocycles. The van der Waals surface area contributed by atoms with E-state index in [2.05, 4.69) is 42.4 Å². The van der Waals surface area contributed by atoms with Gasteiger partial charge in [0.1, 0.15) is 17.7 Å². The summed E-state index contributed by atoms with van der Waals surface area (Å²) in [6, 6.07) is 20.3. The van der Waals surface area contributed by atoms with E-state index in [0.717, 1.165) is 65.2 Å². The first-order valence-electron chi connectivity index (χ1n) is 15.6. The third-order valence-electron chi connectivity index (χ3n) is 7.91. The van der Waals surface area contributed by atoms with Crippen molar-refractivity contribution in [2.75, 3.05) is 6.61 Å². The summed E-state index contributed by atoms with van der Waals surface area (Å²) < 4.78 is 15.4. The van der Waals surface area contributed by atoms with Gasteiger partial charge in [-0.05, 0) is 108 Å². The fraction of sp³-hybridized carbons (Fsp3) is 0.316. The van der Waals surface area contributed by atoms with Crippen molar-refractivity contribution in [1.82, 2.24) is 19.7 Å². The molecule has 3 aromatic heterocycles. The predicted octanol–water partition coefficient (Wildman–Crippen LogP) is 9.99. The molecule has 0 saturated heterocycles. The summed E-state index contributed by atoms with van der Waals surface area (Å²) in [4.78, 5) is 22.7. The molecule has 7 nitrogen and oxygen atoms in total. The van der Waals surface area contributed by atoms with E-state index >= 15 is 0 Å². The van der Waals surface area contributed by atoms with Gasteiger partial charge in [-0.3, -0.25) is 14.5 Å². The van der Waals surface area contributed by atoms with E-state index in [9.17, 15) is 4.79 Å². The van der Waals surface area contributed by atoms with E-state index in [1.807, 2.05) is 96.0 Å². The second kappa shape index (κ2) is 12.5. The maximum absolute atomic E-state index is 12.9. The van der Waals surface area contributed by atoms with Gasteiger partial charge in [0.05, 0.1) is 38.6 Å². The van der Waals surface area contributed by atoms with Crippen LogP contribution in [0.2, 0.25) is 5.02 Å². The van der Waals surface area contributed by atoms with E-state index in [4.69, 9.17) is 31.0 Å². The summed E-state index contributed by atoms with van der Waals surface area (Å²) in [6.45, 7) is 13.7. The van der Waals surface area contributed by atoms with Gasteiger partial charge < -0.3 is 9.47 Å². The normalized spacial score (nSPS) is 13.0. The van der Waals surface area contributed by atoms with Crippen LogP contribution in [0.4, 0.5) is 0 Å². The van der Waals surface area contributed by atoms with E-state index in [0.29, 0.717) is 5.02 Å². The van der Waals surface area contributed by atoms with Crippen LogP contribution in [0.15, 0.2) is 73.1 Å². The fourth-order valence-electron chi connectivity index (χ4n) is 5.67. The molecule has 0 amide bonds. The maximum atomic E-state index is 12.9. The minimum atomic E-state index is -0.635. The zero-order valence-electron chi connectivity index (χ0n) is 28.0. The molecule has 0 fully saturated rings. The first kappa shape index (κ1) is 32.8.